The Morgan fingerprint density at radius 1 is 1.50 bits per heavy atom. The predicted octanol–water partition coefficient (Wildman–Crippen LogP) is 2.79. The van der Waals surface area contributed by atoms with E-state index in [0.717, 1.165) is 22.0 Å². The molecule has 0 aliphatic carbocycles. The normalized spacial score (nSPS) is 11.3. The van der Waals surface area contributed by atoms with E-state index in [1.165, 1.54) is 0 Å². The van der Waals surface area contributed by atoms with Crippen molar-refractivity contribution in [3.8, 4) is 5.88 Å². The van der Waals surface area contributed by atoms with E-state index in [-0.39, 0.29) is 5.88 Å². The van der Waals surface area contributed by atoms with E-state index in [1.54, 1.807) is 12.3 Å². The topological polar surface area (TPSA) is 48.4 Å². The number of hydrogen-bond acceptors (Lipinski definition) is 2. The monoisotopic (exact) mass is 214 g/mol. The fourth-order valence-electron chi connectivity index (χ4n) is 1.66. The molecule has 3 heteroatoms. The molecule has 2 aromatic rings. The summed E-state index contributed by atoms with van der Waals surface area (Å²) in [5.41, 5.74) is 2.81. The van der Waals surface area contributed by atoms with Crippen LogP contribution in [0.2, 0.25) is 0 Å². The van der Waals surface area contributed by atoms with Gasteiger partial charge in [-0.15, -0.1) is 6.58 Å². The Balaban J connectivity index is 2.53. The maximum Gasteiger partial charge on any atom is 0.198 e. The molecule has 82 valence electrons. The molecule has 0 spiro atoms. The first-order chi connectivity index (χ1) is 7.72. The Morgan fingerprint density at radius 3 is 3.06 bits per heavy atom. The molecule has 0 fully saturated rings. The van der Waals surface area contributed by atoms with Crippen LogP contribution >= 0.6 is 0 Å². The molecule has 1 aromatic carbocycles. The Morgan fingerprint density at radius 2 is 2.31 bits per heavy atom. The van der Waals surface area contributed by atoms with Gasteiger partial charge in [-0.3, -0.25) is 4.99 Å². The lowest BCUT2D eigenvalue weighted by Gasteiger charge is -1.94. The third kappa shape index (κ3) is 1.84. The highest BCUT2D eigenvalue weighted by molar-refractivity contribution is 6.02. The van der Waals surface area contributed by atoms with Gasteiger partial charge in [0.05, 0.1) is 12.1 Å². The molecule has 1 heterocycles. The van der Waals surface area contributed by atoms with Crippen molar-refractivity contribution >= 4 is 17.1 Å². The number of aromatic hydroxyl groups is 1. The molecule has 0 radical (unpaired) electrons. The van der Waals surface area contributed by atoms with Crippen molar-refractivity contribution in [1.82, 2.24) is 4.98 Å². The van der Waals surface area contributed by atoms with E-state index in [0.29, 0.717) is 6.54 Å². The van der Waals surface area contributed by atoms with Crippen LogP contribution in [0.4, 0.5) is 0 Å². The van der Waals surface area contributed by atoms with Crippen LogP contribution in [-0.4, -0.2) is 22.8 Å². The van der Waals surface area contributed by atoms with E-state index in [4.69, 9.17) is 0 Å². The van der Waals surface area contributed by atoms with Gasteiger partial charge in [-0.2, -0.15) is 0 Å². The third-order valence-electron chi connectivity index (χ3n) is 2.43. The van der Waals surface area contributed by atoms with E-state index >= 15 is 0 Å². The molecule has 1 aromatic heterocycles. The number of aliphatic imine (C=N–C) groups is 1. The van der Waals surface area contributed by atoms with E-state index in [2.05, 4.69) is 16.6 Å². The summed E-state index contributed by atoms with van der Waals surface area (Å²) >= 11 is 0. The van der Waals surface area contributed by atoms with E-state index in [9.17, 15) is 5.11 Å². The molecule has 0 amide bonds. The van der Waals surface area contributed by atoms with Gasteiger partial charge in [-0.05, 0) is 19.1 Å². The van der Waals surface area contributed by atoms with Crippen LogP contribution < -0.4 is 0 Å². The number of aromatic nitrogens is 1. The first kappa shape index (κ1) is 10.5. The average molecular weight is 214 g/mol. The Bertz CT molecular complexity index is 552. The molecular weight excluding hydrogens is 200 g/mol. The maximum atomic E-state index is 9.75. The fraction of sp³-hybridized carbons (Fsp3) is 0.154. The summed E-state index contributed by atoms with van der Waals surface area (Å²) in [7, 11) is 0. The summed E-state index contributed by atoms with van der Waals surface area (Å²) in [5.74, 6) is 0.161. The maximum absolute atomic E-state index is 9.75. The average Bonchev–Trinajstić information content (AvgIpc) is 2.56. The standard InChI is InChI=1S/C13H14N2O/c1-3-6-14-8-11-10-7-9(2)4-5-12(10)15-13(11)16/h3-5,7-8,15-16H,1,6H2,2H3. The summed E-state index contributed by atoms with van der Waals surface area (Å²) in [5, 5.41) is 10.7. The van der Waals surface area contributed by atoms with Crippen LogP contribution in [0.15, 0.2) is 35.8 Å². The zero-order valence-corrected chi connectivity index (χ0v) is 9.20. The highest BCUT2D eigenvalue weighted by Crippen LogP contribution is 2.26. The number of aromatic amines is 1. The molecule has 0 saturated carbocycles. The van der Waals surface area contributed by atoms with Crippen LogP contribution in [-0.2, 0) is 0 Å². The van der Waals surface area contributed by atoms with E-state index < -0.39 is 0 Å². The first-order valence-corrected chi connectivity index (χ1v) is 5.14. The van der Waals surface area contributed by atoms with Crippen LogP contribution in [0.25, 0.3) is 10.9 Å². The molecule has 16 heavy (non-hydrogen) atoms. The molecule has 2 rings (SSSR count). The lowest BCUT2D eigenvalue weighted by Crippen LogP contribution is -1.81. The number of fused-ring (bicyclic) bond motifs is 1. The van der Waals surface area contributed by atoms with Crippen molar-refractivity contribution < 1.29 is 5.11 Å². The summed E-state index contributed by atoms with van der Waals surface area (Å²) in [6, 6.07) is 5.99. The lowest BCUT2D eigenvalue weighted by atomic mass is 10.1. The van der Waals surface area contributed by atoms with Gasteiger partial charge in [0.1, 0.15) is 0 Å². The highest BCUT2D eigenvalue weighted by Gasteiger charge is 2.08. The van der Waals surface area contributed by atoms with Gasteiger partial charge < -0.3 is 10.1 Å². The van der Waals surface area contributed by atoms with Gasteiger partial charge in [-0.1, -0.05) is 17.7 Å². The minimum atomic E-state index is 0.161. The zero-order valence-electron chi connectivity index (χ0n) is 9.20. The second kappa shape index (κ2) is 4.23. The first-order valence-electron chi connectivity index (χ1n) is 5.14. The molecule has 2 N–H and O–H groups in total. The van der Waals surface area contributed by atoms with Crippen molar-refractivity contribution in [2.45, 2.75) is 6.92 Å². The minimum Gasteiger partial charge on any atom is -0.494 e. The van der Waals surface area contributed by atoms with Gasteiger partial charge >= 0.3 is 0 Å². The highest BCUT2D eigenvalue weighted by atomic mass is 16.3. The summed E-state index contributed by atoms with van der Waals surface area (Å²) < 4.78 is 0. The third-order valence-corrected chi connectivity index (χ3v) is 2.43. The van der Waals surface area contributed by atoms with Crippen molar-refractivity contribution in [3.05, 3.63) is 42.0 Å². The van der Waals surface area contributed by atoms with Crippen molar-refractivity contribution in [3.63, 3.8) is 0 Å². The molecule has 0 aliphatic heterocycles. The number of hydrogen-bond donors (Lipinski definition) is 2. The van der Waals surface area contributed by atoms with Crippen LogP contribution in [0.3, 0.4) is 0 Å². The largest absolute Gasteiger partial charge is 0.494 e. The number of nitrogens with zero attached hydrogens (tertiary/aromatic N) is 1. The zero-order chi connectivity index (χ0) is 11.5. The number of rotatable bonds is 3. The predicted molar refractivity (Wildman–Crippen MR) is 67.4 cm³/mol. The molecule has 0 atom stereocenters. The molecule has 0 unspecified atom stereocenters. The van der Waals surface area contributed by atoms with Crippen LogP contribution in [0, 0.1) is 6.92 Å². The van der Waals surface area contributed by atoms with Crippen LogP contribution in [0.5, 0.6) is 5.88 Å². The Labute approximate surface area is 94.1 Å². The number of nitrogens with one attached hydrogen (secondary N) is 1. The SMILES string of the molecule is C=CCN=Cc1c(O)[nH]c2ccc(C)cc12. The second-order valence-electron chi connectivity index (χ2n) is 3.72. The number of aryl methyl sites for hydroxylation is 1. The van der Waals surface area contributed by atoms with Crippen LogP contribution in [0.1, 0.15) is 11.1 Å². The quantitative estimate of drug-likeness (QED) is 0.599. The lowest BCUT2D eigenvalue weighted by molar-refractivity contribution is 0.457. The van der Waals surface area contributed by atoms with Gasteiger partial charge in [0.15, 0.2) is 5.88 Å². The molecule has 0 bridgehead atoms. The van der Waals surface area contributed by atoms with Crippen molar-refractivity contribution in [2.75, 3.05) is 6.54 Å². The Hall–Kier alpha value is -2.03. The summed E-state index contributed by atoms with van der Waals surface area (Å²) in [4.78, 5) is 7.07. The summed E-state index contributed by atoms with van der Waals surface area (Å²) in [6.45, 7) is 6.17. The molecule has 0 aliphatic rings. The number of benzene rings is 1. The summed E-state index contributed by atoms with van der Waals surface area (Å²) in [6.07, 6.45) is 3.39. The van der Waals surface area contributed by atoms with Gasteiger partial charge in [0.25, 0.3) is 0 Å². The van der Waals surface area contributed by atoms with Crippen molar-refractivity contribution in [2.24, 2.45) is 4.99 Å². The molecular formula is C13H14N2O. The minimum absolute atomic E-state index is 0.161. The van der Waals surface area contributed by atoms with Gasteiger partial charge in [0, 0.05) is 17.1 Å². The van der Waals surface area contributed by atoms with Gasteiger partial charge in [-0.25, -0.2) is 0 Å². The van der Waals surface area contributed by atoms with E-state index in [1.807, 2.05) is 25.1 Å². The molecule has 0 saturated heterocycles. The fourth-order valence-corrected chi connectivity index (χ4v) is 1.66. The number of H-pyrrole nitrogens is 1. The Kier molecular flexibility index (Phi) is 2.77. The van der Waals surface area contributed by atoms with Gasteiger partial charge in [0.2, 0.25) is 0 Å². The molecule has 3 nitrogen and oxygen atoms in total. The smallest absolute Gasteiger partial charge is 0.198 e. The van der Waals surface area contributed by atoms with Crippen molar-refractivity contribution in [1.29, 1.82) is 0 Å². The second-order valence-corrected chi connectivity index (χ2v) is 3.72.